The minimum Gasteiger partial charge on any atom is -0.487 e. The number of nitrogens with zero attached hydrogens (tertiary/aromatic N) is 4. The number of anilines is 2. The van der Waals surface area contributed by atoms with E-state index in [1.54, 1.807) is 18.2 Å². The molecule has 10 heteroatoms. The van der Waals surface area contributed by atoms with Crippen LogP contribution >= 0.6 is 0 Å². The summed E-state index contributed by atoms with van der Waals surface area (Å²) in [6, 6.07) is 10.0. The molecule has 1 saturated heterocycles. The lowest BCUT2D eigenvalue weighted by Gasteiger charge is -2.33. The molecule has 2 aromatic carbocycles. The Kier molecular flexibility index (Phi) is 6.25. The van der Waals surface area contributed by atoms with Crippen molar-refractivity contribution in [3.63, 3.8) is 0 Å². The highest BCUT2D eigenvalue weighted by molar-refractivity contribution is 5.81. The third-order valence-electron chi connectivity index (χ3n) is 5.13. The fourth-order valence-corrected chi connectivity index (χ4v) is 3.56. The van der Waals surface area contributed by atoms with Crippen molar-refractivity contribution in [3.8, 4) is 11.8 Å². The van der Waals surface area contributed by atoms with Crippen molar-refractivity contribution in [2.24, 2.45) is 0 Å². The SMILES string of the molecule is N#Cc1ccc2nc(NCC(F)F)c(N3CCC(Oc4ccc(F)cc4F)CC3)nc2c1. The number of nitrogens with one attached hydrogen (secondary N) is 1. The second-order valence-electron chi connectivity index (χ2n) is 7.36. The number of rotatable bonds is 6. The molecule has 0 saturated carbocycles. The van der Waals surface area contributed by atoms with Gasteiger partial charge in [0.25, 0.3) is 6.43 Å². The number of aromatic nitrogens is 2. The molecule has 4 rings (SSSR count). The van der Waals surface area contributed by atoms with Crippen molar-refractivity contribution >= 4 is 22.7 Å². The number of hydrogen-bond donors (Lipinski definition) is 1. The first-order valence-electron chi connectivity index (χ1n) is 10.0. The molecule has 3 aromatic rings. The molecule has 1 aromatic heterocycles. The molecule has 1 aliphatic heterocycles. The maximum Gasteiger partial charge on any atom is 0.255 e. The van der Waals surface area contributed by atoms with Crippen molar-refractivity contribution in [2.75, 3.05) is 29.9 Å². The molecule has 0 aliphatic carbocycles. The Morgan fingerprint density at radius 3 is 2.56 bits per heavy atom. The molecule has 0 amide bonds. The summed E-state index contributed by atoms with van der Waals surface area (Å²) < 4.78 is 58.2. The van der Waals surface area contributed by atoms with Gasteiger partial charge in [0.1, 0.15) is 11.9 Å². The fraction of sp³-hybridized carbons (Fsp3) is 0.318. The molecule has 0 unspecified atom stereocenters. The Balaban J connectivity index is 1.54. The Morgan fingerprint density at radius 2 is 1.88 bits per heavy atom. The second kappa shape index (κ2) is 9.26. The minimum atomic E-state index is -2.56. The molecule has 166 valence electrons. The minimum absolute atomic E-state index is 0.0151. The van der Waals surface area contributed by atoms with Gasteiger partial charge in [0, 0.05) is 32.0 Å². The van der Waals surface area contributed by atoms with Crippen LogP contribution in [0.5, 0.6) is 5.75 Å². The maximum absolute atomic E-state index is 13.9. The van der Waals surface area contributed by atoms with Crippen molar-refractivity contribution in [1.82, 2.24) is 9.97 Å². The molecule has 0 bridgehead atoms. The van der Waals surface area contributed by atoms with Crippen LogP contribution in [0.3, 0.4) is 0 Å². The molecule has 6 nitrogen and oxygen atoms in total. The largest absolute Gasteiger partial charge is 0.487 e. The van der Waals surface area contributed by atoms with Gasteiger partial charge in [-0.3, -0.25) is 0 Å². The van der Waals surface area contributed by atoms with Crippen molar-refractivity contribution in [2.45, 2.75) is 25.4 Å². The molecule has 0 spiro atoms. The highest BCUT2D eigenvalue weighted by Crippen LogP contribution is 2.30. The molecular weight excluding hydrogens is 426 g/mol. The van der Waals surface area contributed by atoms with Crippen LogP contribution in [0, 0.1) is 23.0 Å². The summed E-state index contributed by atoms with van der Waals surface area (Å²) >= 11 is 0. The number of benzene rings is 2. The van der Waals surface area contributed by atoms with Gasteiger partial charge in [-0.25, -0.2) is 27.5 Å². The van der Waals surface area contributed by atoms with Crippen molar-refractivity contribution in [1.29, 1.82) is 5.26 Å². The molecule has 1 N–H and O–H groups in total. The molecule has 1 aliphatic rings. The molecule has 0 radical (unpaired) electrons. The summed E-state index contributed by atoms with van der Waals surface area (Å²) in [5.74, 6) is -0.827. The summed E-state index contributed by atoms with van der Waals surface area (Å²) in [7, 11) is 0. The molecule has 1 fully saturated rings. The molecule has 2 heterocycles. The third kappa shape index (κ3) is 4.82. The first-order valence-corrected chi connectivity index (χ1v) is 10.0. The van der Waals surface area contributed by atoms with Crippen LogP contribution in [0.25, 0.3) is 11.0 Å². The molecular formula is C22H19F4N5O. The highest BCUT2D eigenvalue weighted by Gasteiger charge is 2.25. The Bertz CT molecular complexity index is 1160. The summed E-state index contributed by atoms with van der Waals surface area (Å²) in [4.78, 5) is 10.9. The van der Waals surface area contributed by atoms with Gasteiger partial charge < -0.3 is 15.0 Å². The van der Waals surface area contributed by atoms with Gasteiger partial charge in [0.15, 0.2) is 23.2 Å². The Hall–Kier alpha value is -3.61. The van der Waals surface area contributed by atoms with Crippen LogP contribution < -0.4 is 15.0 Å². The zero-order valence-electron chi connectivity index (χ0n) is 16.9. The first kappa shape index (κ1) is 21.6. The summed E-state index contributed by atoms with van der Waals surface area (Å²) in [6.45, 7) is 0.358. The number of halogens is 4. The van der Waals surface area contributed by atoms with Crippen molar-refractivity contribution in [3.05, 3.63) is 53.6 Å². The van der Waals surface area contributed by atoms with Gasteiger partial charge in [-0.1, -0.05) is 0 Å². The van der Waals surface area contributed by atoms with Gasteiger partial charge in [0.05, 0.1) is 29.2 Å². The van der Waals surface area contributed by atoms with Gasteiger partial charge in [-0.2, -0.15) is 5.26 Å². The van der Waals surface area contributed by atoms with E-state index in [-0.39, 0.29) is 17.7 Å². The van der Waals surface area contributed by atoms with Crippen LogP contribution in [0.4, 0.5) is 29.2 Å². The Labute approximate surface area is 181 Å². The average Bonchev–Trinajstić information content (AvgIpc) is 2.79. The predicted molar refractivity (Wildman–Crippen MR) is 111 cm³/mol. The maximum atomic E-state index is 13.9. The normalized spacial score (nSPS) is 14.6. The van der Waals surface area contributed by atoms with Crippen LogP contribution in [0.2, 0.25) is 0 Å². The van der Waals surface area contributed by atoms with Crippen LogP contribution in [0.1, 0.15) is 18.4 Å². The number of nitriles is 1. The summed E-state index contributed by atoms with van der Waals surface area (Å²) in [6.07, 6.45) is -1.82. The van der Waals surface area contributed by atoms with Crippen molar-refractivity contribution < 1.29 is 22.3 Å². The van der Waals surface area contributed by atoms with E-state index in [1.165, 1.54) is 6.07 Å². The van der Waals surface area contributed by atoms with E-state index < -0.39 is 24.6 Å². The quantitative estimate of drug-likeness (QED) is 0.563. The topological polar surface area (TPSA) is 74.1 Å². The van der Waals surface area contributed by atoms with Gasteiger partial charge in [-0.05, 0) is 30.3 Å². The lowest BCUT2D eigenvalue weighted by atomic mass is 10.1. The number of ether oxygens (including phenoxy) is 1. The van der Waals surface area contributed by atoms with Crippen LogP contribution in [0.15, 0.2) is 36.4 Å². The van der Waals surface area contributed by atoms with E-state index in [4.69, 9.17) is 10.00 Å². The van der Waals surface area contributed by atoms with Gasteiger partial charge in [0.2, 0.25) is 0 Å². The fourth-order valence-electron chi connectivity index (χ4n) is 3.56. The van der Waals surface area contributed by atoms with Gasteiger partial charge in [-0.15, -0.1) is 0 Å². The smallest absolute Gasteiger partial charge is 0.255 e. The van der Waals surface area contributed by atoms with Gasteiger partial charge >= 0.3 is 0 Å². The summed E-state index contributed by atoms with van der Waals surface area (Å²) in [5, 5.41) is 11.8. The monoisotopic (exact) mass is 445 g/mol. The summed E-state index contributed by atoms with van der Waals surface area (Å²) in [5.41, 5.74) is 1.38. The number of hydrogen-bond acceptors (Lipinski definition) is 6. The zero-order chi connectivity index (χ0) is 22.7. The molecule has 0 atom stereocenters. The first-order chi connectivity index (χ1) is 15.4. The number of alkyl halides is 2. The standard InChI is InChI=1S/C22H19F4N5O/c23-14-2-4-19(16(24)10-14)32-15-5-7-31(8-6-15)22-21(28-12-20(25)26)29-17-3-1-13(11-27)9-18(17)30-22/h1-4,9-10,15,20H,5-8,12H2,(H,28,29). The van der Waals surface area contributed by atoms with E-state index in [1.807, 2.05) is 11.0 Å². The molecule has 32 heavy (non-hydrogen) atoms. The van der Waals surface area contributed by atoms with E-state index >= 15 is 0 Å². The van der Waals surface area contributed by atoms with Crippen LogP contribution in [-0.4, -0.2) is 42.1 Å². The Morgan fingerprint density at radius 1 is 1.09 bits per heavy atom. The van der Waals surface area contributed by atoms with E-state index in [0.29, 0.717) is 48.3 Å². The predicted octanol–water partition coefficient (Wildman–Crippen LogP) is 4.50. The van der Waals surface area contributed by atoms with E-state index in [0.717, 1.165) is 12.1 Å². The van der Waals surface area contributed by atoms with E-state index in [9.17, 15) is 17.6 Å². The zero-order valence-corrected chi connectivity index (χ0v) is 16.9. The average molecular weight is 445 g/mol. The second-order valence-corrected chi connectivity index (χ2v) is 7.36. The lowest BCUT2D eigenvalue weighted by molar-refractivity contribution is 0.162. The highest BCUT2D eigenvalue weighted by atomic mass is 19.3. The van der Waals surface area contributed by atoms with Crippen LogP contribution in [-0.2, 0) is 0 Å². The number of fused-ring (bicyclic) bond motifs is 1. The lowest BCUT2D eigenvalue weighted by Crippen LogP contribution is -2.39. The third-order valence-corrected chi connectivity index (χ3v) is 5.13. The number of piperidine rings is 1. The van der Waals surface area contributed by atoms with E-state index in [2.05, 4.69) is 15.3 Å².